The predicted octanol–water partition coefficient (Wildman–Crippen LogP) is 3.72. The topological polar surface area (TPSA) is 26.0 Å². The Balaban J connectivity index is 2.08. The molecule has 0 radical (unpaired) electrons. The Morgan fingerprint density at radius 3 is 2.44 bits per heavy atom. The van der Waals surface area contributed by atoms with Crippen LogP contribution in [-0.4, -0.2) is 0 Å². The van der Waals surface area contributed by atoms with Crippen molar-refractivity contribution in [1.29, 1.82) is 0 Å². The second-order valence-electron chi connectivity index (χ2n) is 3.92. The van der Waals surface area contributed by atoms with E-state index in [2.05, 4.69) is 0 Å². The quantitative estimate of drug-likeness (QED) is 0.853. The highest BCUT2D eigenvalue weighted by Gasteiger charge is 2.02. The van der Waals surface area contributed by atoms with Crippen molar-refractivity contribution < 1.29 is 8.78 Å². The fourth-order valence-corrected chi connectivity index (χ4v) is 2.51. The van der Waals surface area contributed by atoms with Gasteiger partial charge in [0, 0.05) is 17.2 Å². The van der Waals surface area contributed by atoms with Crippen LogP contribution in [0.4, 0.5) is 8.78 Å². The van der Waals surface area contributed by atoms with Gasteiger partial charge in [0.25, 0.3) is 0 Å². The molecule has 0 aliphatic carbocycles. The van der Waals surface area contributed by atoms with Crippen LogP contribution in [0.2, 0.25) is 0 Å². The van der Waals surface area contributed by atoms with Crippen molar-refractivity contribution in [2.75, 3.05) is 0 Å². The second-order valence-corrected chi connectivity index (χ2v) is 4.97. The van der Waals surface area contributed by atoms with E-state index in [4.69, 9.17) is 5.73 Å². The van der Waals surface area contributed by atoms with E-state index in [1.807, 2.05) is 12.1 Å². The van der Waals surface area contributed by atoms with E-state index < -0.39 is 0 Å². The van der Waals surface area contributed by atoms with Gasteiger partial charge in [-0.3, -0.25) is 0 Å². The fraction of sp³-hybridized carbons (Fsp3) is 0.143. The fourth-order valence-electron chi connectivity index (χ4n) is 1.64. The first-order chi connectivity index (χ1) is 8.67. The van der Waals surface area contributed by atoms with E-state index in [0.29, 0.717) is 12.3 Å². The maximum atomic E-state index is 13.3. The lowest BCUT2D eigenvalue weighted by molar-refractivity contribution is 0.623. The molecule has 0 unspecified atom stereocenters. The number of benzene rings is 2. The minimum absolute atomic E-state index is 0.262. The molecule has 0 atom stereocenters. The lowest BCUT2D eigenvalue weighted by atomic mass is 10.1. The number of hydrogen-bond donors (Lipinski definition) is 1. The summed E-state index contributed by atoms with van der Waals surface area (Å²) in [4.78, 5) is 0.827. The first kappa shape index (κ1) is 13.1. The molecule has 0 bridgehead atoms. The Labute approximate surface area is 109 Å². The number of thioether (sulfide) groups is 1. The number of hydrogen-bond acceptors (Lipinski definition) is 2. The molecule has 1 nitrogen and oxygen atoms in total. The zero-order valence-electron chi connectivity index (χ0n) is 9.70. The van der Waals surface area contributed by atoms with Crippen LogP contribution < -0.4 is 5.73 Å². The molecule has 18 heavy (non-hydrogen) atoms. The Kier molecular flexibility index (Phi) is 4.33. The summed E-state index contributed by atoms with van der Waals surface area (Å²) in [6, 6.07) is 11.1. The van der Waals surface area contributed by atoms with Crippen molar-refractivity contribution in [3.63, 3.8) is 0 Å². The van der Waals surface area contributed by atoms with Crippen LogP contribution in [0.1, 0.15) is 11.1 Å². The summed E-state index contributed by atoms with van der Waals surface area (Å²) in [6.45, 7) is 0.315. The Morgan fingerprint density at radius 1 is 0.944 bits per heavy atom. The normalized spacial score (nSPS) is 10.6. The lowest BCUT2D eigenvalue weighted by Crippen LogP contribution is -1.98. The van der Waals surface area contributed by atoms with Crippen LogP contribution in [0.15, 0.2) is 47.4 Å². The SMILES string of the molecule is NCc1cc(F)cc(CSc2cccc(F)c2)c1. The third kappa shape index (κ3) is 3.55. The van der Waals surface area contributed by atoms with Gasteiger partial charge in [-0.25, -0.2) is 8.78 Å². The summed E-state index contributed by atoms with van der Waals surface area (Å²) in [6.07, 6.45) is 0. The standard InChI is InChI=1S/C14H13F2NS/c15-12-2-1-3-14(7-12)18-9-11-4-10(8-17)5-13(16)6-11/h1-7H,8-9,17H2. The van der Waals surface area contributed by atoms with Gasteiger partial charge in [-0.1, -0.05) is 12.1 Å². The van der Waals surface area contributed by atoms with Crippen molar-refractivity contribution in [2.24, 2.45) is 5.73 Å². The largest absolute Gasteiger partial charge is 0.326 e. The third-order valence-corrected chi connectivity index (χ3v) is 3.52. The average Bonchev–Trinajstić information content (AvgIpc) is 2.36. The van der Waals surface area contributed by atoms with Gasteiger partial charge in [0.2, 0.25) is 0 Å². The molecule has 94 valence electrons. The molecular formula is C14H13F2NS. The van der Waals surface area contributed by atoms with Crippen LogP contribution in [0, 0.1) is 11.6 Å². The predicted molar refractivity (Wildman–Crippen MR) is 70.3 cm³/mol. The molecule has 2 aromatic rings. The van der Waals surface area contributed by atoms with E-state index in [-0.39, 0.29) is 11.6 Å². The van der Waals surface area contributed by atoms with Gasteiger partial charge in [0.15, 0.2) is 0 Å². The molecule has 0 spiro atoms. The summed E-state index contributed by atoms with van der Waals surface area (Å²) >= 11 is 1.47. The molecule has 2 aromatic carbocycles. The number of rotatable bonds is 4. The Bertz CT molecular complexity index is 543. The summed E-state index contributed by atoms with van der Waals surface area (Å²) in [5.41, 5.74) is 7.11. The van der Waals surface area contributed by atoms with E-state index in [9.17, 15) is 8.78 Å². The van der Waals surface area contributed by atoms with E-state index in [1.165, 1.54) is 36.0 Å². The van der Waals surface area contributed by atoms with Crippen LogP contribution >= 0.6 is 11.8 Å². The first-order valence-electron chi connectivity index (χ1n) is 5.54. The highest BCUT2D eigenvalue weighted by molar-refractivity contribution is 7.98. The molecular weight excluding hydrogens is 252 g/mol. The van der Waals surface area contributed by atoms with Gasteiger partial charge in [0.05, 0.1) is 0 Å². The van der Waals surface area contributed by atoms with Gasteiger partial charge in [-0.05, 0) is 41.5 Å². The van der Waals surface area contributed by atoms with Gasteiger partial charge < -0.3 is 5.73 Å². The minimum Gasteiger partial charge on any atom is -0.326 e. The second kappa shape index (κ2) is 5.98. The number of nitrogens with two attached hydrogens (primary N) is 1. The monoisotopic (exact) mass is 265 g/mol. The maximum Gasteiger partial charge on any atom is 0.124 e. The van der Waals surface area contributed by atoms with Gasteiger partial charge in [-0.2, -0.15) is 0 Å². The Morgan fingerprint density at radius 2 is 1.72 bits per heavy atom. The van der Waals surface area contributed by atoms with Gasteiger partial charge >= 0.3 is 0 Å². The van der Waals surface area contributed by atoms with Crippen LogP contribution in [-0.2, 0) is 12.3 Å². The van der Waals surface area contributed by atoms with Crippen molar-refractivity contribution in [3.05, 3.63) is 65.2 Å². The molecule has 0 saturated heterocycles. The van der Waals surface area contributed by atoms with Crippen molar-refractivity contribution >= 4 is 11.8 Å². The highest BCUT2D eigenvalue weighted by atomic mass is 32.2. The molecule has 2 rings (SSSR count). The van der Waals surface area contributed by atoms with Crippen molar-refractivity contribution in [3.8, 4) is 0 Å². The molecule has 4 heteroatoms. The maximum absolute atomic E-state index is 13.3. The lowest BCUT2D eigenvalue weighted by Gasteiger charge is -2.05. The molecule has 0 aromatic heterocycles. The van der Waals surface area contributed by atoms with Gasteiger partial charge in [-0.15, -0.1) is 11.8 Å². The van der Waals surface area contributed by atoms with Gasteiger partial charge in [0.1, 0.15) is 11.6 Å². The highest BCUT2D eigenvalue weighted by Crippen LogP contribution is 2.24. The van der Waals surface area contributed by atoms with E-state index >= 15 is 0 Å². The van der Waals surface area contributed by atoms with Crippen LogP contribution in [0.5, 0.6) is 0 Å². The molecule has 0 saturated carbocycles. The molecule has 0 fully saturated rings. The zero-order valence-corrected chi connectivity index (χ0v) is 10.5. The Hall–Kier alpha value is -1.39. The van der Waals surface area contributed by atoms with E-state index in [0.717, 1.165) is 16.0 Å². The average molecular weight is 265 g/mol. The van der Waals surface area contributed by atoms with Crippen LogP contribution in [0.25, 0.3) is 0 Å². The molecule has 0 aliphatic heterocycles. The first-order valence-corrected chi connectivity index (χ1v) is 6.53. The van der Waals surface area contributed by atoms with E-state index in [1.54, 1.807) is 6.07 Å². The third-order valence-electron chi connectivity index (χ3n) is 2.45. The van der Waals surface area contributed by atoms with Crippen molar-refractivity contribution in [2.45, 2.75) is 17.2 Å². The number of halogens is 2. The summed E-state index contributed by atoms with van der Waals surface area (Å²) < 4.78 is 26.3. The summed E-state index contributed by atoms with van der Waals surface area (Å²) in [7, 11) is 0. The molecule has 0 heterocycles. The minimum atomic E-state index is -0.284. The summed E-state index contributed by atoms with van der Waals surface area (Å²) in [5, 5.41) is 0. The molecule has 0 aliphatic rings. The zero-order chi connectivity index (χ0) is 13.0. The smallest absolute Gasteiger partial charge is 0.124 e. The molecule has 0 amide bonds. The van der Waals surface area contributed by atoms with Crippen molar-refractivity contribution in [1.82, 2.24) is 0 Å². The molecule has 2 N–H and O–H groups in total. The summed E-state index contributed by atoms with van der Waals surface area (Å²) in [5.74, 6) is 0.0449. The van der Waals surface area contributed by atoms with Crippen LogP contribution in [0.3, 0.4) is 0 Å².